The second-order valence-electron chi connectivity index (χ2n) is 7.60. The van der Waals surface area contributed by atoms with Crippen LogP contribution >= 0.6 is 0 Å². The largest absolute Gasteiger partial charge is 0.333 e. The van der Waals surface area contributed by atoms with E-state index in [9.17, 15) is 14.4 Å². The van der Waals surface area contributed by atoms with E-state index in [1.807, 2.05) is 62.4 Å². The summed E-state index contributed by atoms with van der Waals surface area (Å²) in [5.74, 6) is -0.385. The van der Waals surface area contributed by atoms with Gasteiger partial charge in [0.25, 0.3) is 5.56 Å². The molecule has 32 heavy (non-hydrogen) atoms. The SMILES string of the molecule is Cc1cccc(C)c1NC(=O)Cn1c(=O)n(CCc2ccccc2)c(=O)c2nccnc21. The summed E-state index contributed by atoms with van der Waals surface area (Å²) in [6.45, 7) is 3.69. The summed E-state index contributed by atoms with van der Waals surface area (Å²) >= 11 is 0. The number of fused-ring (bicyclic) bond motifs is 1. The molecule has 1 amide bonds. The normalized spacial score (nSPS) is 10.9. The molecule has 2 aromatic carbocycles. The minimum absolute atomic E-state index is 0.0556. The maximum atomic E-state index is 13.2. The Hall–Kier alpha value is -4.07. The van der Waals surface area contributed by atoms with Crippen molar-refractivity contribution in [3.05, 3.63) is 98.5 Å². The molecule has 4 aromatic rings. The third-order valence-electron chi connectivity index (χ3n) is 5.36. The van der Waals surface area contributed by atoms with Crippen LogP contribution in [0.4, 0.5) is 5.69 Å². The van der Waals surface area contributed by atoms with Crippen LogP contribution in [0.5, 0.6) is 0 Å². The number of aromatic nitrogens is 4. The lowest BCUT2D eigenvalue weighted by Crippen LogP contribution is -2.42. The number of amides is 1. The summed E-state index contributed by atoms with van der Waals surface area (Å²) < 4.78 is 2.33. The predicted octanol–water partition coefficient (Wildman–Crippen LogP) is 2.45. The molecule has 2 heterocycles. The number of aryl methyl sites for hydroxylation is 3. The van der Waals surface area contributed by atoms with Crippen LogP contribution < -0.4 is 16.6 Å². The zero-order chi connectivity index (χ0) is 22.7. The number of hydrogen-bond donors (Lipinski definition) is 1. The highest BCUT2D eigenvalue weighted by atomic mass is 16.2. The van der Waals surface area contributed by atoms with Crippen molar-refractivity contribution in [2.45, 2.75) is 33.4 Å². The molecule has 0 unspecified atom stereocenters. The van der Waals surface area contributed by atoms with Crippen LogP contribution in [0.2, 0.25) is 0 Å². The maximum Gasteiger partial charge on any atom is 0.333 e. The van der Waals surface area contributed by atoms with Crippen molar-refractivity contribution in [3.63, 3.8) is 0 Å². The van der Waals surface area contributed by atoms with Gasteiger partial charge in [-0.05, 0) is 37.0 Å². The van der Waals surface area contributed by atoms with Crippen LogP contribution in [0, 0.1) is 13.8 Å². The van der Waals surface area contributed by atoms with Gasteiger partial charge >= 0.3 is 5.69 Å². The summed E-state index contributed by atoms with van der Waals surface area (Å²) in [4.78, 5) is 47.3. The van der Waals surface area contributed by atoms with Gasteiger partial charge in [0, 0.05) is 24.6 Å². The molecule has 0 atom stereocenters. The minimum Gasteiger partial charge on any atom is -0.324 e. The van der Waals surface area contributed by atoms with Crippen molar-refractivity contribution < 1.29 is 4.79 Å². The fourth-order valence-corrected chi connectivity index (χ4v) is 3.69. The molecule has 2 aromatic heterocycles. The highest BCUT2D eigenvalue weighted by Gasteiger charge is 2.18. The van der Waals surface area contributed by atoms with E-state index in [-0.39, 0.29) is 30.2 Å². The highest BCUT2D eigenvalue weighted by molar-refractivity contribution is 5.92. The van der Waals surface area contributed by atoms with Gasteiger partial charge in [0.1, 0.15) is 6.54 Å². The van der Waals surface area contributed by atoms with Crippen LogP contribution in [-0.4, -0.2) is 25.0 Å². The summed E-state index contributed by atoms with van der Waals surface area (Å²) in [5, 5.41) is 2.88. The molecule has 0 saturated carbocycles. The Morgan fingerprint density at radius 2 is 1.59 bits per heavy atom. The molecular weight excluding hydrogens is 406 g/mol. The number of carbonyl (C=O) groups is 1. The first-order chi connectivity index (χ1) is 15.5. The van der Waals surface area contributed by atoms with E-state index < -0.39 is 11.2 Å². The number of hydrogen-bond acceptors (Lipinski definition) is 5. The van der Waals surface area contributed by atoms with Gasteiger partial charge in [-0.3, -0.25) is 18.7 Å². The van der Waals surface area contributed by atoms with Gasteiger partial charge in [0.2, 0.25) is 5.91 Å². The maximum absolute atomic E-state index is 13.2. The van der Waals surface area contributed by atoms with Crippen molar-refractivity contribution in [2.24, 2.45) is 0 Å². The number of rotatable bonds is 6. The van der Waals surface area contributed by atoms with Gasteiger partial charge in [-0.1, -0.05) is 48.5 Å². The van der Waals surface area contributed by atoms with Gasteiger partial charge < -0.3 is 5.32 Å². The second-order valence-corrected chi connectivity index (χ2v) is 7.60. The molecule has 8 nitrogen and oxygen atoms in total. The molecule has 0 aliphatic carbocycles. The van der Waals surface area contributed by atoms with Gasteiger partial charge in [-0.15, -0.1) is 0 Å². The summed E-state index contributed by atoms with van der Waals surface area (Å²) in [6.07, 6.45) is 3.29. The Balaban J connectivity index is 1.71. The Bertz CT molecular complexity index is 1390. The third-order valence-corrected chi connectivity index (χ3v) is 5.36. The zero-order valence-electron chi connectivity index (χ0n) is 17.9. The summed E-state index contributed by atoms with van der Waals surface area (Å²) in [5.41, 5.74) is 2.59. The van der Waals surface area contributed by atoms with E-state index in [1.165, 1.54) is 17.0 Å². The Morgan fingerprint density at radius 1 is 0.906 bits per heavy atom. The first kappa shape index (κ1) is 21.2. The van der Waals surface area contributed by atoms with Crippen LogP contribution in [-0.2, 0) is 24.3 Å². The molecule has 0 spiro atoms. The summed E-state index contributed by atoms with van der Waals surface area (Å²) in [7, 11) is 0. The molecule has 0 aliphatic heterocycles. The van der Waals surface area contributed by atoms with Crippen LogP contribution in [0.3, 0.4) is 0 Å². The van der Waals surface area contributed by atoms with Crippen molar-refractivity contribution in [1.29, 1.82) is 0 Å². The fourth-order valence-electron chi connectivity index (χ4n) is 3.69. The van der Waals surface area contributed by atoms with Crippen LogP contribution in [0.1, 0.15) is 16.7 Å². The van der Waals surface area contributed by atoms with Gasteiger partial charge in [-0.25, -0.2) is 14.8 Å². The summed E-state index contributed by atoms with van der Waals surface area (Å²) in [6, 6.07) is 15.3. The standard InChI is InChI=1S/C24H23N5O3/c1-16-7-6-8-17(2)20(16)27-19(30)15-29-22-21(25-12-13-26-22)23(31)28(24(29)32)14-11-18-9-4-3-5-10-18/h3-10,12-13H,11,14-15H2,1-2H3,(H,27,30). The van der Waals surface area contributed by atoms with Crippen LogP contribution in [0.15, 0.2) is 70.5 Å². The average molecular weight is 429 g/mol. The first-order valence-electron chi connectivity index (χ1n) is 10.3. The van der Waals surface area contributed by atoms with Crippen molar-refractivity contribution in [3.8, 4) is 0 Å². The van der Waals surface area contributed by atoms with Gasteiger partial charge in [0.05, 0.1) is 0 Å². The Morgan fingerprint density at radius 3 is 2.31 bits per heavy atom. The number of nitrogens with zero attached hydrogens (tertiary/aromatic N) is 4. The van der Waals surface area contributed by atoms with Crippen LogP contribution in [0.25, 0.3) is 11.2 Å². The predicted molar refractivity (Wildman–Crippen MR) is 123 cm³/mol. The smallest absolute Gasteiger partial charge is 0.324 e. The number of benzene rings is 2. The molecule has 0 saturated heterocycles. The Labute approximate surface area is 184 Å². The van der Waals surface area contributed by atoms with Gasteiger partial charge in [-0.2, -0.15) is 0 Å². The van der Waals surface area contributed by atoms with E-state index >= 15 is 0 Å². The number of para-hydroxylation sites is 1. The van der Waals surface area contributed by atoms with Crippen molar-refractivity contribution >= 4 is 22.8 Å². The topological polar surface area (TPSA) is 98.9 Å². The second kappa shape index (κ2) is 8.97. The molecule has 0 bridgehead atoms. The van der Waals surface area contributed by atoms with Crippen molar-refractivity contribution in [1.82, 2.24) is 19.1 Å². The number of anilines is 1. The van der Waals surface area contributed by atoms with Gasteiger partial charge in [0.15, 0.2) is 11.2 Å². The number of carbonyl (C=O) groups excluding carboxylic acids is 1. The first-order valence-corrected chi connectivity index (χ1v) is 10.3. The molecule has 0 fully saturated rings. The molecule has 8 heteroatoms. The zero-order valence-corrected chi connectivity index (χ0v) is 17.9. The molecule has 0 radical (unpaired) electrons. The Kier molecular flexibility index (Phi) is 5.93. The lowest BCUT2D eigenvalue weighted by atomic mass is 10.1. The van der Waals surface area contributed by atoms with E-state index in [0.717, 1.165) is 21.3 Å². The van der Waals surface area contributed by atoms with E-state index in [2.05, 4.69) is 15.3 Å². The fraction of sp³-hybridized carbons (Fsp3) is 0.208. The lowest BCUT2D eigenvalue weighted by molar-refractivity contribution is -0.116. The third kappa shape index (κ3) is 4.20. The van der Waals surface area contributed by atoms with E-state index in [4.69, 9.17) is 0 Å². The molecule has 162 valence electrons. The minimum atomic E-state index is -0.587. The van der Waals surface area contributed by atoms with E-state index in [1.54, 1.807) is 0 Å². The molecular formula is C24H23N5O3. The highest BCUT2D eigenvalue weighted by Crippen LogP contribution is 2.19. The van der Waals surface area contributed by atoms with Crippen molar-refractivity contribution in [2.75, 3.05) is 5.32 Å². The van der Waals surface area contributed by atoms with E-state index in [0.29, 0.717) is 12.1 Å². The lowest BCUT2D eigenvalue weighted by Gasteiger charge is -2.15. The monoisotopic (exact) mass is 429 g/mol. The molecule has 1 N–H and O–H groups in total. The average Bonchev–Trinajstić information content (AvgIpc) is 2.80. The quantitative estimate of drug-likeness (QED) is 0.508. The molecule has 0 aliphatic rings. The molecule has 4 rings (SSSR count). The number of nitrogens with one attached hydrogen (secondary N) is 1.